The fourth-order valence-electron chi connectivity index (χ4n) is 2.43. The number of aryl methyl sites for hydroxylation is 2. The van der Waals surface area contributed by atoms with E-state index in [0.717, 1.165) is 5.39 Å². The molecular formula is C14H11NO4. The highest BCUT2D eigenvalue weighted by molar-refractivity contribution is 6.11. The second kappa shape index (κ2) is 3.71. The first-order chi connectivity index (χ1) is 9.02. The summed E-state index contributed by atoms with van der Waals surface area (Å²) >= 11 is 0. The normalized spacial score (nSPS) is 11.3. The molecule has 1 N–H and O–H groups in total. The van der Waals surface area contributed by atoms with E-state index in [0.29, 0.717) is 11.1 Å². The number of carbonyl (C=O) groups is 1. The van der Waals surface area contributed by atoms with Crippen LogP contribution < -0.4 is 5.56 Å². The summed E-state index contributed by atoms with van der Waals surface area (Å²) in [4.78, 5) is 23.6. The maximum absolute atomic E-state index is 12.3. The molecule has 3 aromatic rings. The smallest absolute Gasteiger partial charge is 0.340 e. The Kier molecular flexibility index (Phi) is 2.25. The number of carboxylic acids is 1. The molecule has 5 nitrogen and oxygen atoms in total. The first-order valence-corrected chi connectivity index (χ1v) is 5.76. The van der Waals surface area contributed by atoms with Crippen LogP contribution in [0.5, 0.6) is 0 Å². The number of nitrogens with zero attached hydrogens (tertiary/aromatic N) is 1. The summed E-state index contributed by atoms with van der Waals surface area (Å²) in [5.74, 6) is -0.903. The van der Waals surface area contributed by atoms with Gasteiger partial charge in [-0.2, -0.15) is 0 Å². The highest BCUT2D eigenvalue weighted by Crippen LogP contribution is 2.28. The third-order valence-electron chi connectivity index (χ3n) is 3.33. The highest BCUT2D eigenvalue weighted by Gasteiger charge is 2.23. The van der Waals surface area contributed by atoms with Gasteiger partial charge in [0.1, 0.15) is 22.3 Å². The number of hydrogen-bond donors (Lipinski definition) is 1. The summed E-state index contributed by atoms with van der Waals surface area (Å²) in [5.41, 5.74) is 0.642. The standard InChI is InChI=1S/C14H11NO4/c1-7-10(14(17)18)11-12(19-7)8-5-3-4-6-9(8)15(2)13(11)16/h3-6H,1-2H3,(H,17,18). The van der Waals surface area contributed by atoms with Gasteiger partial charge in [0.2, 0.25) is 0 Å². The Morgan fingerprint density at radius 3 is 2.68 bits per heavy atom. The summed E-state index contributed by atoms with van der Waals surface area (Å²) < 4.78 is 6.96. The van der Waals surface area contributed by atoms with Crippen molar-refractivity contribution in [2.45, 2.75) is 6.92 Å². The van der Waals surface area contributed by atoms with Gasteiger partial charge in [0, 0.05) is 12.4 Å². The van der Waals surface area contributed by atoms with Crippen molar-refractivity contribution >= 4 is 27.8 Å². The largest absolute Gasteiger partial charge is 0.478 e. The molecule has 19 heavy (non-hydrogen) atoms. The SMILES string of the molecule is Cc1oc2c(c1C(=O)O)c(=O)n(C)c1ccccc21. The van der Waals surface area contributed by atoms with Crippen molar-refractivity contribution in [3.8, 4) is 0 Å². The highest BCUT2D eigenvalue weighted by atomic mass is 16.4. The van der Waals surface area contributed by atoms with Gasteiger partial charge in [0.15, 0.2) is 0 Å². The first-order valence-electron chi connectivity index (χ1n) is 5.76. The van der Waals surface area contributed by atoms with Gasteiger partial charge in [-0.15, -0.1) is 0 Å². The summed E-state index contributed by atoms with van der Waals surface area (Å²) in [7, 11) is 1.62. The maximum atomic E-state index is 12.3. The number of pyridine rings is 1. The molecule has 0 saturated carbocycles. The predicted molar refractivity (Wildman–Crippen MR) is 70.7 cm³/mol. The van der Waals surface area contributed by atoms with Crippen LogP contribution in [0.2, 0.25) is 0 Å². The fraction of sp³-hybridized carbons (Fsp3) is 0.143. The molecule has 0 radical (unpaired) electrons. The molecule has 0 aliphatic heterocycles. The first kappa shape index (κ1) is 11.5. The number of rotatable bonds is 1. The third kappa shape index (κ3) is 1.41. The second-order valence-corrected chi connectivity index (χ2v) is 4.42. The minimum atomic E-state index is -1.15. The van der Waals surface area contributed by atoms with E-state index in [1.165, 1.54) is 4.57 Å². The van der Waals surface area contributed by atoms with Gasteiger partial charge in [-0.05, 0) is 19.1 Å². The number of aromatic carboxylic acids is 1. The summed E-state index contributed by atoms with van der Waals surface area (Å²) in [6, 6.07) is 7.26. The number of hydrogen-bond acceptors (Lipinski definition) is 3. The van der Waals surface area contributed by atoms with Gasteiger partial charge >= 0.3 is 5.97 Å². The molecule has 0 spiro atoms. The average Bonchev–Trinajstić information content (AvgIpc) is 2.74. The lowest BCUT2D eigenvalue weighted by atomic mass is 10.1. The van der Waals surface area contributed by atoms with Gasteiger partial charge in [-0.25, -0.2) is 4.79 Å². The van der Waals surface area contributed by atoms with E-state index in [-0.39, 0.29) is 22.3 Å². The molecule has 1 aromatic carbocycles. The number of aromatic nitrogens is 1. The van der Waals surface area contributed by atoms with E-state index < -0.39 is 5.97 Å². The van der Waals surface area contributed by atoms with Gasteiger partial charge in [0.05, 0.1) is 5.52 Å². The van der Waals surface area contributed by atoms with E-state index in [9.17, 15) is 14.7 Å². The molecule has 0 fully saturated rings. The molecule has 0 aliphatic rings. The summed E-state index contributed by atoms with van der Waals surface area (Å²) in [5, 5.41) is 10.1. The van der Waals surface area contributed by atoms with Crippen molar-refractivity contribution in [1.29, 1.82) is 0 Å². The Labute approximate surface area is 107 Å². The molecule has 0 atom stereocenters. The molecule has 2 aromatic heterocycles. The van der Waals surface area contributed by atoms with Gasteiger partial charge in [0.25, 0.3) is 5.56 Å². The van der Waals surface area contributed by atoms with Crippen LogP contribution in [0, 0.1) is 6.92 Å². The van der Waals surface area contributed by atoms with E-state index in [1.807, 2.05) is 18.2 Å². The number of fused-ring (bicyclic) bond motifs is 3. The molecule has 3 rings (SSSR count). The van der Waals surface area contributed by atoms with Gasteiger partial charge < -0.3 is 14.1 Å². The lowest BCUT2D eigenvalue weighted by Gasteiger charge is -2.04. The van der Waals surface area contributed by atoms with Crippen LogP contribution in [0.4, 0.5) is 0 Å². The number of furan rings is 1. The Morgan fingerprint density at radius 2 is 2.00 bits per heavy atom. The Balaban J connectivity index is 2.70. The molecule has 0 bridgehead atoms. The van der Waals surface area contributed by atoms with E-state index in [4.69, 9.17) is 4.42 Å². The van der Waals surface area contributed by atoms with Crippen molar-refractivity contribution in [2.24, 2.45) is 7.05 Å². The van der Waals surface area contributed by atoms with E-state index in [2.05, 4.69) is 0 Å². The molecular weight excluding hydrogens is 246 g/mol. The Hall–Kier alpha value is -2.56. The predicted octanol–water partition coefficient (Wildman–Crippen LogP) is 2.29. The van der Waals surface area contributed by atoms with Crippen LogP contribution in [0.3, 0.4) is 0 Å². The van der Waals surface area contributed by atoms with Crippen molar-refractivity contribution < 1.29 is 14.3 Å². The molecule has 96 valence electrons. The summed E-state index contributed by atoms with van der Waals surface area (Å²) in [6.07, 6.45) is 0. The lowest BCUT2D eigenvalue weighted by molar-refractivity contribution is 0.0697. The van der Waals surface area contributed by atoms with Crippen LogP contribution in [0.25, 0.3) is 21.9 Å². The molecule has 0 aliphatic carbocycles. The maximum Gasteiger partial charge on any atom is 0.340 e. The van der Waals surface area contributed by atoms with Crippen molar-refractivity contribution in [3.63, 3.8) is 0 Å². The zero-order valence-corrected chi connectivity index (χ0v) is 10.4. The number of carboxylic acid groups (broad SMARTS) is 1. The lowest BCUT2D eigenvalue weighted by Crippen LogP contribution is -2.18. The van der Waals surface area contributed by atoms with Crippen LogP contribution in [0.1, 0.15) is 16.1 Å². The van der Waals surface area contributed by atoms with Gasteiger partial charge in [-0.1, -0.05) is 12.1 Å². The van der Waals surface area contributed by atoms with Crippen LogP contribution in [-0.4, -0.2) is 15.6 Å². The van der Waals surface area contributed by atoms with E-state index >= 15 is 0 Å². The quantitative estimate of drug-likeness (QED) is 0.726. The van der Waals surface area contributed by atoms with Gasteiger partial charge in [-0.3, -0.25) is 4.79 Å². The topological polar surface area (TPSA) is 72.4 Å². The Morgan fingerprint density at radius 1 is 1.32 bits per heavy atom. The molecule has 2 heterocycles. The average molecular weight is 257 g/mol. The minimum absolute atomic E-state index is 0.0543. The molecule has 0 amide bonds. The van der Waals surface area contributed by atoms with Crippen molar-refractivity contribution in [3.05, 3.63) is 45.9 Å². The zero-order chi connectivity index (χ0) is 13.7. The monoisotopic (exact) mass is 257 g/mol. The van der Waals surface area contributed by atoms with Crippen LogP contribution in [-0.2, 0) is 7.05 Å². The third-order valence-corrected chi connectivity index (χ3v) is 3.33. The summed E-state index contributed by atoms with van der Waals surface area (Å²) in [6.45, 7) is 1.55. The Bertz CT molecular complexity index is 886. The molecule has 5 heteroatoms. The molecule has 0 saturated heterocycles. The number of benzene rings is 1. The van der Waals surface area contributed by atoms with Crippen LogP contribution in [0.15, 0.2) is 33.5 Å². The number of para-hydroxylation sites is 1. The van der Waals surface area contributed by atoms with Crippen LogP contribution >= 0.6 is 0 Å². The van der Waals surface area contributed by atoms with E-state index in [1.54, 1.807) is 20.0 Å². The van der Waals surface area contributed by atoms with Crippen molar-refractivity contribution in [2.75, 3.05) is 0 Å². The zero-order valence-electron chi connectivity index (χ0n) is 10.4. The fourth-order valence-corrected chi connectivity index (χ4v) is 2.43. The van der Waals surface area contributed by atoms with Crippen molar-refractivity contribution in [1.82, 2.24) is 4.57 Å². The minimum Gasteiger partial charge on any atom is -0.478 e. The molecule has 0 unspecified atom stereocenters. The second-order valence-electron chi connectivity index (χ2n) is 4.42.